The number of rotatable bonds is 0. The number of nitrogens with zero attached hydrogens (tertiary/aromatic N) is 1. The summed E-state index contributed by atoms with van der Waals surface area (Å²) in [6.07, 6.45) is 1.61. The molecular formula is C11H10BrNO. The minimum Gasteiger partial charge on any atom is -0.618 e. The van der Waals surface area contributed by atoms with Crippen molar-refractivity contribution in [3.63, 3.8) is 0 Å². The lowest BCUT2D eigenvalue weighted by atomic mass is 10.1. The van der Waals surface area contributed by atoms with Crippen LogP contribution in [0.3, 0.4) is 0 Å². The van der Waals surface area contributed by atoms with Crippen LogP contribution in [0.15, 0.2) is 28.9 Å². The van der Waals surface area contributed by atoms with Crippen molar-refractivity contribution in [2.45, 2.75) is 13.8 Å². The highest BCUT2D eigenvalue weighted by atomic mass is 79.9. The Bertz CT molecular complexity index is 508. The molecule has 0 atom stereocenters. The number of benzene rings is 1. The summed E-state index contributed by atoms with van der Waals surface area (Å²) in [6, 6.07) is 5.90. The standard InChI is InChI=1S/C11H10BrNO/c1-7-6-13(14)8(2)9-4-3-5-10(12)11(7)9/h3-6H,1-2H3. The SMILES string of the molecule is Cc1c[n+]([O-])c(C)c2cccc(Br)c12. The molecule has 0 unspecified atom stereocenters. The van der Waals surface area contributed by atoms with Gasteiger partial charge in [0.25, 0.3) is 0 Å². The van der Waals surface area contributed by atoms with E-state index in [-0.39, 0.29) is 0 Å². The summed E-state index contributed by atoms with van der Waals surface area (Å²) in [6.45, 7) is 3.78. The van der Waals surface area contributed by atoms with Gasteiger partial charge in [-0.2, -0.15) is 4.73 Å². The monoisotopic (exact) mass is 251 g/mol. The summed E-state index contributed by atoms with van der Waals surface area (Å²) in [7, 11) is 0. The van der Waals surface area contributed by atoms with Gasteiger partial charge >= 0.3 is 0 Å². The van der Waals surface area contributed by atoms with Gasteiger partial charge in [0.15, 0.2) is 11.9 Å². The summed E-state index contributed by atoms with van der Waals surface area (Å²) >= 11 is 3.50. The average molecular weight is 252 g/mol. The van der Waals surface area contributed by atoms with E-state index in [4.69, 9.17) is 0 Å². The van der Waals surface area contributed by atoms with E-state index in [9.17, 15) is 5.21 Å². The van der Waals surface area contributed by atoms with Gasteiger partial charge in [-0.15, -0.1) is 0 Å². The highest BCUT2D eigenvalue weighted by molar-refractivity contribution is 9.10. The summed E-state index contributed by atoms with van der Waals surface area (Å²) in [5.74, 6) is 0. The lowest BCUT2D eigenvalue weighted by Gasteiger charge is -2.08. The first-order chi connectivity index (χ1) is 6.61. The van der Waals surface area contributed by atoms with Crippen LogP contribution in [0.4, 0.5) is 0 Å². The first-order valence-electron chi connectivity index (χ1n) is 4.39. The molecule has 72 valence electrons. The van der Waals surface area contributed by atoms with E-state index < -0.39 is 0 Å². The van der Waals surface area contributed by atoms with Crippen LogP contribution in [0.25, 0.3) is 10.8 Å². The molecule has 2 aromatic rings. The van der Waals surface area contributed by atoms with Crippen molar-refractivity contribution in [2.24, 2.45) is 0 Å². The molecule has 0 aliphatic heterocycles. The molecule has 14 heavy (non-hydrogen) atoms. The van der Waals surface area contributed by atoms with Crippen molar-refractivity contribution < 1.29 is 4.73 Å². The lowest BCUT2D eigenvalue weighted by Crippen LogP contribution is -2.30. The Morgan fingerprint density at radius 1 is 1.29 bits per heavy atom. The molecule has 0 saturated heterocycles. The second kappa shape index (κ2) is 3.24. The van der Waals surface area contributed by atoms with E-state index in [1.807, 2.05) is 32.0 Å². The van der Waals surface area contributed by atoms with Crippen molar-refractivity contribution in [3.05, 3.63) is 45.3 Å². The third-order valence-electron chi connectivity index (χ3n) is 2.44. The summed E-state index contributed by atoms with van der Waals surface area (Å²) in [5, 5.41) is 13.6. The number of hydrogen-bond donors (Lipinski definition) is 0. The van der Waals surface area contributed by atoms with Crippen LogP contribution in [0.5, 0.6) is 0 Å². The lowest BCUT2D eigenvalue weighted by molar-refractivity contribution is -0.611. The van der Waals surface area contributed by atoms with Crippen LogP contribution in [-0.2, 0) is 0 Å². The van der Waals surface area contributed by atoms with Crippen LogP contribution in [0.1, 0.15) is 11.3 Å². The second-order valence-electron chi connectivity index (χ2n) is 3.39. The van der Waals surface area contributed by atoms with Gasteiger partial charge in [-0.3, -0.25) is 0 Å². The van der Waals surface area contributed by atoms with Crippen molar-refractivity contribution in [1.82, 2.24) is 0 Å². The van der Waals surface area contributed by atoms with Gasteiger partial charge in [0.05, 0.1) is 5.39 Å². The third-order valence-corrected chi connectivity index (χ3v) is 3.10. The van der Waals surface area contributed by atoms with E-state index in [0.717, 1.165) is 31.2 Å². The fraction of sp³-hybridized carbons (Fsp3) is 0.182. The summed E-state index contributed by atoms with van der Waals surface area (Å²) < 4.78 is 1.96. The molecule has 2 rings (SSSR count). The minimum atomic E-state index is 0.743. The molecule has 0 fully saturated rings. The Morgan fingerprint density at radius 2 is 2.00 bits per heavy atom. The Morgan fingerprint density at radius 3 is 2.71 bits per heavy atom. The number of fused-ring (bicyclic) bond motifs is 1. The van der Waals surface area contributed by atoms with Crippen molar-refractivity contribution in [2.75, 3.05) is 0 Å². The van der Waals surface area contributed by atoms with E-state index in [1.54, 1.807) is 6.20 Å². The number of halogens is 1. The van der Waals surface area contributed by atoms with Crippen LogP contribution < -0.4 is 4.73 Å². The molecule has 0 bridgehead atoms. The van der Waals surface area contributed by atoms with Gasteiger partial charge < -0.3 is 5.21 Å². The van der Waals surface area contributed by atoms with Gasteiger partial charge in [0.2, 0.25) is 0 Å². The zero-order chi connectivity index (χ0) is 10.3. The molecule has 2 nitrogen and oxygen atoms in total. The summed E-state index contributed by atoms with van der Waals surface area (Å²) in [5.41, 5.74) is 1.74. The van der Waals surface area contributed by atoms with Crippen LogP contribution in [0, 0.1) is 19.1 Å². The van der Waals surface area contributed by atoms with Gasteiger partial charge in [-0.25, -0.2) is 0 Å². The molecule has 1 aromatic carbocycles. The maximum Gasteiger partial charge on any atom is 0.197 e. The zero-order valence-electron chi connectivity index (χ0n) is 8.04. The fourth-order valence-corrected chi connectivity index (χ4v) is 2.36. The molecule has 0 amide bonds. The molecule has 0 radical (unpaired) electrons. The molecule has 0 aliphatic carbocycles. The molecule has 0 spiro atoms. The van der Waals surface area contributed by atoms with E-state index in [2.05, 4.69) is 15.9 Å². The maximum atomic E-state index is 11.5. The summed E-state index contributed by atoms with van der Waals surface area (Å²) in [4.78, 5) is 0. The highest BCUT2D eigenvalue weighted by Gasteiger charge is 2.10. The zero-order valence-corrected chi connectivity index (χ0v) is 9.63. The molecule has 3 heteroatoms. The topological polar surface area (TPSA) is 26.9 Å². The van der Waals surface area contributed by atoms with Crippen LogP contribution >= 0.6 is 15.9 Å². The first-order valence-corrected chi connectivity index (χ1v) is 5.18. The maximum absolute atomic E-state index is 11.5. The highest BCUT2D eigenvalue weighted by Crippen LogP contribution is 2.27. The molecule has 1 heterocycles. The van der Waals surface area contributed by atoms with Crippen LogP contribution in [-0.4, -0.2) is 0 Å². The smallest absolute Gasteiger partial charge is 0.197 e. The van der Waals surface area contributed by atoms with Crippen LogP contribution in [0.2, 0.25) is 0 Å². The van der Waals surface area contributed by atoms with Crippen molar-refractivity contribution in [1.29, 1.82) is 0 Å². The minimum absolute atomic E-state index is 0.743. The van der Waals surface area contributed by atoms with E-state index >= 15 is 0 Å². The Balaban J connectivity index is 3.02. The fourth-order valence-electron chi connectivity index (χ4n) is 1.68. The van der Waals surface area contributed by atoms with E-state index in [1.165, 1.54) is 0 Å². The molecule has 1 aromatic heterocycles. The van der Waals surface area contributed by atoms with Gasteiger partial charge in [0, 0.05) is 22.3 Å². The Hall–Kier alpha value is -1.09. The average Bonchev–Trinajstić information content (AvgIpc) is 2.14. The number of pyridine rings is 1. The molecule has 0 aliphatic rings. The largest absolute Gasteiger partial charge is 0.618 e. The molecule has 0 N–H and O–H groups in total. The number of aryl methyl sites for hydroxylation is 2. The number of aromatic nitrogens is 1. The van der Waals surface area contributed by atoms with Crippen molar-refractivity contribution in [3.8, 4) is 0 Å². The Labute approximate surface area is 90.9 Å². The Kier molecular flexibility index (Phi) is 2.19. The third kappa shape index (κ3) is 1.28. The number of hydrogen-bond acceptors (Lipinski definition) is 1. The first kappa shape index (κ1) is 9.46. The van der Waals surface area contributed by atoms with Gasteiger partial charge in [0.1, 0.15) is 0 Å². The van der Waals surface area contributed by atoms with Gasteiger partial charge in [-0.1, -0.05) is 22.0 Å². The van der Waals surface area contributed by atoms with E-state index in [0.29, 0.717) is 0 Å². The normalized spacial score (nSPS) is 10.8. The van der Waals surface area contributed by atoms with Gasteiger partial charge in [-0.05, 0) is 19.1 Å². The molecule has 0 saturated carbocycles. The quantitative estimate of drug-likeness (QED) is 0.523. The predicted octanol–water partition coefficient (Wildman–Crippen LogP) is 2.85. The van der Waals surface area contributed by atoms with Crippen molar-refractivity contribution >= 4 is 26.7 Å². The molecular weight excluding hydrogens is 242 g/mol. The second-order valence-corrected chi connectivity index (χ2v) is 4.24. The predicted molar refractivity (Wildman–Crippen MR) is 60.1 cm³/mol.